The molecule has 1 N–H and O–H groups in total. The van der Waals surface area contributed by atoms with Crippen molar-refractivity contribution in [1.29, 1.82) is 0 Å². The number of halogens is 1. The number of hydrogen-bond acceptors (Lipinski definition) is 3. The summed E-state index contributed by atoms with van der Waals surface area (Å²) in [6.07, 6.45) is 4.17. The number of rotatable bonds is 6. The summed E-state index contributed by atoms with van der Waals surface area (Å²) in [5.74, 6) is -0.518. The fourth-order valence-corrected chi connectivity index (χ4v) is 3.83. The molecule has 0 aromatic heterocycles. The topological polar surface area (TPSA) is 66.5 Å². The molecule has 0 atom stereocenters. The van der Waals surface area contributed by atoms with Crippen molar-refractivity contribution in [2.24, 2.45) is 0 Å². The number of benzene rings is 1. The van der Waals surface area contributed by atoms with Gasteiger partial charge in [0.1, 0.15) is 5.82 Å². The van der Waals surface area contributed by atoms with Gasteiger partial charge in [-0.15, -0.1) is 0 Å². The lowest BCUT2D eigenvalue weighted by Crippen LogP contribution is -2.42. The Morgan fingerprint density at radius 1 is 1.27 bits per heavy atom. The normalized spacial score (nSPS) is 15.9. The highest BCUT2D eigenvalue weighted by molar-refractivity contribution is 7.89. The second kappa shape index (κ2) is 7.19. The number of hydrogen-bond donors (Lipinski definition) is 1. The first-order valence-electron chi connectivity index (χ1n) is 7.42. The van der Waals surface area contributed by atoms with Crippen molar-refractivity contribution in [2.75, 3.05) is 13.1 Å². The number of nitrogens with one attached hydrogen (secondary N) is 1. The van der Waals surface area contributed by atoms with Gasteiger partial charge < -0.3 is 4.90 Å². The summed E-state index contributed by atoms with van der Waals surface area (Å²) in [6, 6.07) is 4.87. The van der Waals surface area contributed by atoms with Gasteiger partial charge in [-0.25, -0.2) is 17.5 Å². The summed E-state index contributed by atoms with van der Waals surface area (Å²) in [5, 5.41) is 0. The molecule has 22 heavy (non-hydrogen) atoms. The zero-order valence-corrected chi connectivity index (χ0v) is 13.4. The fraction of sp³-hybridized carbons (Fsp3) is 0.533. The second-order valence-electron chi connectivity index (χ2n) is 5.50. The summed E-state index contributed by atoms with van der Waals surface area (Å²) >= 11 is 0. The molecule has 1 aliphatic rings. The maximum absolute atomic E-state index is 12.8. The maximum atomic E-state index is 12.8. The van der Waals surface area contributed by atoms with Crippen molar-refractivity contribution in [3.05, 3.63) is 30.1 Å². The zero-order valence-electron chi connectivity index (χ0n) is 12.6. The number of sulfonamides is 1. The van der Waals surface area contributed by atoms with E-state index in [2.05, 4.69) is 4.72 Å². The molecule has 0 saturated heterocycles. The molecule has 1 amide bonds. The summed E-state index contributed by atoms with van der Waals surface area (Å²) in [6.45, 7) is 2.00. The van der Waals surface area contributed by atoms with Crippen LogP contribution in [0.15, 0.2) is 29.2 Å². The van der Waals surface area contributed by atoms with Crippen LogP contribution in [0.4, 0.5) is 4.39 Å². The molecule has 0 bridgehead atoms. The summed E-state index contributed by atoms with van der Waals surface area (Å²) < 4.78 is 39.5. The second-order valence-corrected chi connectivity index (χ2v) is 7.27. The van der Waals surface area contributed by atoms with Crippen molar-refractivity contribution < 1.29 is 17.6 Å². The fourth-order valence-electron chi connectivity index (χ4n) is 2.81. The Kier molecular flexibility index (Phi) is 5.52. The largest absolute Gasteiger partial charge is 0.339 e. The molecule has 1 saturated carbocycles. The molecule has 1 aromatic rings. The molecule has 0 spiro atoms. The van der Waals surface area contributed by atoms with Gasteiger partial charge in [0.25, 0.3) is 0 Å². The number of carbonyl (C=O) groups is 1. The van der Waals surface area contributed by atoms with E-state index in [1.807, 2.05) is 0 Å². The van der Waals surface area contributed by atoms with Crippen molar-refractivity contribution in [1.82, 2.24) is 9.62 Å². The van der Waals surface area contributed by atoms with Crippen LogP contribution in [-0.4, -0.2) is 38.4 Å². The lowest BCUT2D eigenvalue weighted by atomic mass is 10.2. The van der Waals surface area contributed by atoms with Crippen LogP contribution in [0.3, 0.4) is 0 Å². The monoisotopic (exact) mass is 328 g/mol. The highest BCUT2D eigenvalue weighted by Crippen LogP contribution is 2.23. The van der Waals surface area contributed by atoms with Crippen LogP contribution < -0.4 is 4.72 Å². The molecule has 0 heterocycles. The van der Waals surface area contributed by atoms with E-state index in [4.69, 9.17) is 0 Å². The standard InChI is InChI=1S/C15H21FN2O3S/c1-12(19)18(14-4-2-3-5-14)11-10-17-22(20,21)15-8-6-13(16)7-9-15/h6-9,14,17H,2-5,10-11H2,1H3. The van der Waals surface area contributed by atoms with Gasteiger partial charge in [0.2, 0.25) is 15.9 Å². The molecule has 122 valence electrons. The van der Waals surface area contributed by atoms with Crippen molar-refractivity contribution in [3.63, 3.8) is 0 Å². The van der Waals surface area contributed by atoms with E-state index >= 15 is 0 Å². The summed E-state index contributed by atoms with van der Waals surface area (Å²) in [5.41, 5.74) is 0. The highest BCUT2D eigenvalue weighted by Gasteiger charge is 2.24. The summed E-state index contributed by atoms with van der Waals surface area (Å²) in [7, 11) is -3.68. The van der Waals surface area contributed by atoms with E-state index in [9.17, 15) is 17.6 Å². The Hall–Kier alpha value is -1.47. The molecule has 0 unspecified atom stereocenters. The van der Waals surface area contributed by atoms with E-state index in [0.717, 1.165) is 37.8 Å². The first-order valence-corrected chi connectivity index (χ1v) is 8.91. The van der Waals surface area contributed by atoms with Crippen molar-refractivity contribution in [2.45, 2.75) is 43.5 Å². The SMILES string of the molecule is CC(=O)N(CCNS(=O)(=O)c1ccc(F)cc1)C1CCCC1. The minimum absolute atomic E-state index is 0.0177. The number of carbonyl (C=O) groups excluding carboxylic acids is 1. The van der Waals surface area contributed by atoms with Gasteiger partial charge in [-0.3, -0.25) is 4.79 Å². The minimum Gasteiger partial charge on any atom is -0.339 e. The van der Waals surface area contributed by atoms with E-state index < -0.39 is 15.8 Å². The van der Waals surface area contributed by atoms with Crippen LogP contribution in [0.5, 0.6) is 0 Å². The molecule has 0 aliphatic heterocycles. The molecule has 1 aliphatic carbocycles. The van der Waals surface area contributed by atoms with Gasteiger partial charge in [-0.05, 0) is 37.1 Å². The Balaban J connectivity index is 1.93. The molecule has 5 nitrogen and oxygen atoms in total. The van der Waals surface area contributed by atoms with Crippen molar-refractivity contribution >= 4 is 15.9 Å². The predicted molar refractivity (Wildman–Crippen MR) is 81.2 cm³/mol. The lowest BCUT2D eigenvalue weighted by Gasteiger charge is -2.27. The third-order valence-electron chi connectivity index (χ3n) is 3.94. The van der Waals surface area contributed by atoms with Gasteiger partial charge in [-0.2, -0.15) is 0 Å². The summed E-state index contributed by atoms with van der Waals surface area (Å²) in [4.78, 5) is 13.5. The van der Waals surface area contributed by atoms with Crippen LogP contribution in [0.25, 0.3) is 0 Å². The average molecular weight is 328 g/mol. The van der Waals surface area contributed by atoms with E-state index in [0.29, 0.717) is 6.54 Å². The molecular weight excluding hydrogens is 307 g/mol. The van der Waals surface area contributed by atoms with Gasteiger partial charge in [0.15, 0.2) is 0 Å². The molecule has 1 fully saturated rings. The van der Waals surface area contributed by atoms with E-state index in [-0.39, 0.29) is 23.4 Å². The first-order chi connectivity index (χ1) is 10.4. The van der Waals surface area contributed by atoms with E-state index in [1.54, 1.807) is 4.90 Å². The van der Waals surface area contributed by atoms with Crippen LogP contribution in [0, 0.1) is 5.82 Å². The van der Waals surface area contributed by atoms with Crippen LogP contribution in [0.2, 0.25) is 0 Å². The number of nitrogens with zero attached hydrogens (tertiary/aromatic N) is 1. The van der Waals surface area contributed by atoms with Gasteiger partial charge in [0.05, 0.1) is 4.90 Å². The van der Waals surface area contributed by atoms with Gasteiger partial charge >= 0.3 is 0 Å². The Morgan fingerprint density at radius 3 is 2.41 bits per heavy atom. The molecule has 7 heteroatoms. The minimum atomic E-state index is -3.68. The quantitative estimate of drug-likeness (QED) is 0.867. The Labute approximate surface area is 130 Å². The maximum Gasteiger partial charge on any atom is 0.240 e. The molecule has 2 rings (SSSR count). The molecule has 1 aromatic carbocycles. The van der Waals surface area contributed by atoms with Crippen molar-refractivity contribution in [3.8, 4) is 0 Å². The van der Waals surface area contributed by atoms with Crippen LogP contribution in [-0.2, 0) is 14.8 Å². The molecule has 0 radical (unpaired) electrons. The smallest absolute Gasteiger partial charge is 0.240 e. The van der Waals surface area contributed by atoms with Gasteiger partial charge in [-0.1, -0.05) is 12.8 Å². The van der Waals surface area contributed by atoms with Crippen LogP contribution in [0.1, 0.15) is 32.6 Å². The third-order valence-corrected chi connectivity index (χ3v) is 5.42. The molecular formula is C15H21FN2O3S. The zero-order chi connectivity index (χ0) is 16.2. The average Bonchev–Trinajstić information content (AvgIpc) is 2.97. The van der Waals surface area contributed by atoms with Crippen LogP contribution >= 0.6 is 0 Å². The Bertz CT molecular complexity index is 610. The Morgan fingerprint density at radius 2 is 1.86 bits per heavy atom. The number of amides is 1. The van der Waals surface area contributed by atoms with Gasteiger partial charge in [0, 0.05) is 26.1 Å². The third kappa shape index (κ3) is 4.27. The van der Waals surface area contributed by atoms with E-state index in [1.165, 1.54) is 19.1 Å². The lowest BCUT2D eigenvalue weighted by molar-refractivity contribution is -0.130. The first kappa shape index (κ1) is 16.9. The highest BCUT2D eigenvalue weighted by atomic mass is 32.2. The predicted octanol–water partition coefficient (Wildman–Crippen LogP) is 1.90.